The second-order valence-corrected chi connectivity index (χ2v) is 4.81. The Balaban J connectivity index is 2.00. The molecule has 0 spiro atoms. The first-order chi connectivity index (χ1) is 7.66. The van der Waals surface area contributed by atoms with E-state index in [0.29, 0.717) is 10.3 Å². The molecule has 6 heteroatoms. The minimum Gasteiger partial charge on any atom is -0.369 e. The van der Waals surface area contributed by atoms with Crippen LogP contribution in [0.15, 0.2) is 16.7 Å². The van der Waals surface area contributed by atoms with Gasteiger partial charge in [-0.3, -0.25) is 10.1 Å². The van der Waals surface area contributed by atoms with Gasteiger partial charge in [-0.15, -0.1) is 0 Å². The van der Waals surface area contributed by atoms with Gasteiger partial charge in [0, 0.05) is 12.6 Å². The molecule has 0 amide bonds. The third-order valence-electron chi connectivity index (χ3n) is 2.82. The number of rotatable bonds is 4. The third-order valence-corrected chi connectivity index (χ3v) is 3.42. The summed E-state index contributed by atoms with van der Waals surface area (Å²) < 4.78 is 0.640. The van der Waals surface area contributed by atoms with Gasteiger partial charge in [0.15, 0.2) is 0 Å². The first kappa shape index (κ1) is 11.3. The average Bonchev–Trinajstić information content (AvgIpc) is 2.17. The van der Waals surface area contributed by atoms with E-state index in [-0.39, 0.29) is 5.69 Å². The quantitative estimate of drug-likeness (QED) is 0.682. The maximum absolute atomic E-state index is 10.5. The van der Waals surface area contributed by atoms with Gasteiger partial charge in [0.05, 0.1) is 9.40 Å². The molecule has 16 heavy (non-hydrogen) atoms. The summed E-state index contributed by atoms with van der Waals surface area (Å²) in [5, 5.41) is 13.7. The Labute approximate surface area is 102 Å². The molecule has 5 nitrogen and oxygen atoms in total. The predicted molar refractivity (Wildman–Crippen MR) is 64.4 cm³/mol. The van der Waals surface area contributed by atoms with Crippen molar-refractivity contribution in [1.29, 1.82) is 0 Å². The lowest BCUT2D eigenvalue weighted by atomic mass is 9.85. The van der Waals surface area contributed by atoms with Crippen molar-refractivity contribution in [2.75, 3.05) is 11.9 Å². The molecule has 1 aromatic heterocycles. The summed E-state index contributed by atoms with van der Waals surface area (Å²) in [6, 6.07) is 1.47. The summed E-state index contributed by atoms with van der Waals surface area (Å²) in [5.74, 6) is 1.40. The van der Waals surface area contributed by atoms with Crippen LogP contribution in [0, 0.1) is 16.0 Å². The van der Waals surface area contributed by atoms with Gasteiger partial charge < -0.3 is 5.32 Å². The maximum Gasteiger partial charge on any atom is 0.288 e. The van der Waals surface area contributed by atoms with Gasteiger partial charge in [-0.1, -0.05) is 6.42 Å². The zero-order chi connectivity index (χ0) is 11.5. The molecule has 0 atom stereocenters. The third kappa shape index (κ3) is 2.49. The Morgan fingerprint density at radius 3 is 2.88 bits per heavy atom. The Bertz CT molecular complexity index is 407. The number of nitrogens with zero attached hydrogens (tertiary/aromatic N) is 2. The lowest BCUT2D eigenvalue weighted by Crippen LogP contribution is -2.21. The zero-order valence-corrected chi connectivity index (χ0v) is 10.2. The van der Waals surface area contributed by atoms with Gasteiger partial charge >= 0.3 is 0 Å². The van der Waals surface area contributed by atoms with Crippen LogP contribution in [-0.4, -0.2) is 16.5 Å². The number of anilines is 1. The Hall–Kier alpha value is -1.17. The van der Waals surface area contributed by atoms with Crippen LogP contribution in [0.3, 0.4) is 0 Å². The van der Waals surface area contributed by atoms with Crippen LogP contribution in [0.5, 0.6) is 0 Å². The van der Waals surface area contributed by atoms with Crippen LogP contribution >= 0.6 is 15.9 Å². The first-order valence-corrected chi connectivity index (χ1v) is 6.00. The van der Waals surface area contributed by atoms with E-state index >= 15 is 0 Å². The molecule has 1 aliphatic rings. The highest BCUT2D eigenvalue weighted by molar-refractivity contribution is 9.10. The van der Waals surface area contributed by atoms with Crippen molar-refractivity contribution < 1.29 is 4.92 Å². The predicted octanol–water partition coefficient (Wildman–Crippen LogP) is 2.96. The molecule has 2 rings (SSSR count). The summed E-state index contributed by atoms with van der Waals surface area (Å²) in [5.41, 5.74) is 0.000990. The minimum atomic E-state index is -0.451. The Morgan fingerprint density at radius 1 is 1.62 bits per heavy atom. The molecule has 0 bridgehead atoms. The van der Waals surface area contributed by atoms with Crippen molar-refractivity contribution in [1.82, 2.24) is 4.98 Å². The molecule has 0 aliphatic heterocycles. The number of nitrogens with one attached hydrogen (secondary N) is 1. The molecule has 1 N–H and O–H groups in total. The second kappa shape index (κ2) is 4.78. The fraction of sp³-hybridized carbons (Fsp3) is 0.500. The summed E-state index contributed by atoms with van der Waals surface area (Å²) in [6.45, 7) is 0.892. The van der Waals surface area contributed by atoms with Crippen molar-refractivity contribution in [3.63, 3.8) is 0 Å². The van der Waals surface area contributed by atoms with Gasteiger partial charge in [0.25, 0.3) is 5.69 Å². The number of nitro groups is 1. The SMILES string of the molecule is O=[N+]([O-])c1cnc(NCC2CCC2)c(Br)c1. The fourth-order valence-electron chi connectivity index (χ4n) is 1.60. The van der Waals surface area contributed by atoms with Gasteiger partial charge in [0.1, 0.15) is 12.0 Å². The highest BCUT2D eigenvalue weighted by atomic mass is 79.9. The number of hydrogen-bond donors (Lipinski definition) is 1. The lowest BCUT2D eigenvalue weighted by molar-refractivity contribution is -0.385. The maximum atomic E-state index is 10.5. The van der Waals surface area contributed by atoms with Crippen LogP contribution in [0.25, 0.3) is 0 Å². The highest BCUT2D eigenvalue weighted by Crippen LogP contribution is 2.28. The minimum absolute atomic E-state index is 0.000990. The van der Waals surface area contributed by atoms with Crippen LogP contribution in [0.1, 0.15) is 19.3 Å². The van der Waals surface area contributed by atoms with E-state index in [1.807, 2.05) is 0 Å². The van der Waals surface area contributed by atoms with Crippen molar-refractivity contribution in [2.45, 2.75) is 19.3 Å². The summed E-state index contributed by atoms with van der Waals surface area (Å²) in [6.07, 6.45) is 5.10. The summed E-state index contributed by atoms with van der Waals surface area (Å²) >= 11 is 3.28. The molecule has 1 aliphatic carbocycles. The fourth-order valence-corrected chi connectivity index (χ4v) is 2.07. The number of aromatic nitrogens is 1. The van der Waals surface area contributed by atoms with E-state index in [4.69, 9.17) is 0 Å². The van der Waals surface area contributed by atoms with Gasteiger partial charge in [-0.05, 0) is 34.7 Å². The number of halogens is 1. The van der Waals surface area contributed by atoms with E-state index in [2.05, 4.69) is 26.2 Å². The number of hydrogen-bond acceptors (Lipinski definition) is 4. The molecule has 0 aromatic carbocycles. The van der Waals surface area contributed by atoms with E-state index in [1.165, 1.54) is 31.5 Å². The summed E-state index contributed by atoms with van der Waals surface area (Å²) in [4.78, 5) is 14.1. The molecule has 0 saturated heterocycles. The van der Waals surface area contributed by atoms with E-state index < -0.39 is 4.92 Å². The lowest BCUT2D eigenvalue weighted by Gasteiger charge is -2.25. The van der Waals surface area contributed by atoms with Crippen molar-refractivity contribution in [3.8, 4) is 0 Å². The Morgan fingerprint density at radius 2 is 2.38 bits per heavy atom. The van der Waals surface area contributed by atoms with E-state index in [1.54, 1.807) is 0 Å². The molecule has 0 radical (unpaired) electrons. The van der Waals surface area contributed by atoms with Crippen molar-refractivity contribution in [2.24, 2.45) is 5.92 Å². The largest absolute Gasteiger partial charge is 0.369 e. The monoisotopic (exact) mass is 285 g/mol. The van der Waals surface area contributed by atoms with Crippen molar-refractivity contribution in [3.05, 3.63) is 26.9 Å². The Kier molecular flexibility index (Phi) is 3.38. The standard InChI is InChI=1S/C10H12BrN3O2/c11-9-4-8(14(15)16)6-13-10(9)12-5-7-2-1-3-7/h4,6-7H,1-3,5H2,(H,12,13). The zero-order valence-electron chi connectivity index (χ0n) is 8.65. The van der Waals surface area contributed by atoms with E-state index in [9.17, 15) is 10.1 Å². The van der Waals surface area contributed by atoms with E-state index in [0.717, 1.165) is 12.5 Å². The normalized spacial score (nSPS) is 15.6. The van der Waals surface area contributed by atoms with Gasteiger partial charge in [-0.2, -0.15) is 0 Å². The average molecular weight is 286 g/mol. The molecule has 1 saturated carbocycles. The van der Waals surface area contributed by atoms with Crippen LogP contribution < -0.4 is 5.32 Å². The molecular weight excluding hydrogens is 274 g/mol. The van der Waals surface area contributed by atoms with Gasteiger partial charge in [-0.25, -0.2) is 4.98 Å². The first-order valence-electron chi connectivity index (χ1n) is 5.20. The summed E-state index contributed by atoms with van der Waals surface area (Å²) in [7, 11) is 0. The topological polar surface area (TPSA) is 68.1 Å². The van der Waals surface area contributed by atoms with Crippen LogP contribution in [0.2, 0.25) is 0 Å². The van der Waals surface area contributed by atoms with Crippen LogP contribution in [0.4, 0.5) is 11.5 Å². The molecule has 0 unspecified atom stereocenters. The number of pyridine rings is 1. The van der Waals surface area contributed by atoms with Gasteiger partial charge in [0.2, 0.25) is 0 Å². The molecule has 1 fully saturated rings. The molecule has 1 heterocycles. The second-order valence-electron chi connectivity index (χ2n) is 3.96. The highest BCUT2D eigenvalue weighted by Gasteiger charge is 2.18. The van der Waals surface area contributed by atoms with Crippen LogP contribution in [-0.2, 0) is 0 Å². The molecular formula is C10H12BrN3O2. The smallest absolute Gasteiger partial charge is 0.288 e. The van der Waals surface area contributed by atoms with Crippen molar-refractivity contribution >= 4 is 27.4 Å². The molecule has 86 valence electrons. The molecule has 1 aromatic rings.